The molecule has 4 nitrogen and oxygen atoms in total. The summed E-state index contributed by atoms with van der Waals surface area (Å²) in [6, 6.07) is 0. The van der Waals surface area contributed by atoms with Gasteiger partial charge in [-0.25, -0.2) is 4.57 Å². The minimum atomic E-state index is -3.68. The molecule has 0 aromatic rings. The average molecular weight is 252 g/mol. The first-order valence-electron chi connectivity index (χ1n) is 1.71. The second-order valence-electron chi connectivity index (χ2n) is 0.889. The molecule has 0 bridgehead atoms. The molecule has 50 valence electrons. The van der Waals surface area contributed by atoms with Gasteiger partial charge in [0.1, 0.15) is 4.61 Å². The van der Waals surface area contributed by atoms with Crippen molar-refractivity contribution in [2.75, 3.05) is 11.7 Å². The highest BCUT2D eigenvalue weighted by Gasteiger charge is 2.16. The number of rotatable bonds is 3. The van der Waals surface area contributed by atoms with E-state index in [1.807, 2.05) is 0 Å². The predicted molar refractivity (Wildman–Crippen MR) is 36.8 cm³/mol. The van der Waals surface area contributed by atoms with E-state index in [0.717, 1.165) is 7.11 Å². The van der Waals surface area contributed by atoms with Crippen LogP contribution in [0.3, 0.4) is 0 Å². The fraction of sp³-hybridized carbons (Fsp3) is 1.00. The van der Waals surface area contributed by atoms with Crippen LogP contribution in [-0.4, -0.2) is 16.6 Å². The Hall–Kier alpha value is 0.840. The number of hydrogen-bond acceptors (Lipinski definition) is 3. The predicted octanol–water partition coefficient (Wildman–Crippen LogP) is 1.14. The molecular formula is C2H6IO4P. The molecule has 0 spiro atoms. The van der Waals surface area contributed by atoms with Crippen LogP contribution in [0.15, 0.2) is 0 Å². The van der Waals surface area contributed by atoms with E-state index < -0.39 is 7.82 Å². The molecule has 0 aromatic heterocycles. The number of halogens is 1. The molecule has 0 amide bonds. The Morgan fingerprint density at radius 3 is 2.50 bits per heavy atom. The number of phosphoric ester groups is 1. The topological polar surface area (TPSA) is 55.8 Å². The molecular weight excluding hydrogens is 246 g/mol. The van der Waals surface area contributed by atoms with Gasteiger partial charge < -0.3 is 4.89 Å². The largest absolute Gasteiger partial charge is 0.472 e. The van der Waals surface area contributed by atoms with Crippen molar-refractivity contribution in [2.24, 2.45) is 0 Å². The Kier molecular flexibility index (Phi) is 4.19. The fourth-order valence-electron chi connectivity index (χ4n) is 0.114. The molecule has 1 unspecified atom stereocenters. The molecule has 0 rings (SSSR count). The molecule has 0 fully saturated rings. The van der Waals surface area contributed by atoms with Gasteiger partial charge in [-0.1, -0.05) is 22.6 Å². The molecule has 6 heteroatoms. The summed E-state index contributed by atoms with van der Waals surface area (Å²) in [5.41, 5.74) is 0. The van der Waals surface area contributed by atoms with Crippen LogP contribution < -0.4 is 0 Å². The van der Waals surface area contributed by atoms with Gasteiger partial charge in [0.05, 0.1) is 0 Å². The maximum atomic E-state index is 10.3. The highest BCUT2D eigenvalue weighted by atomic mass is 127. The van der Waals surface area contributed by atoms with Crippen molar-refractivity contribution < 1.29 is 18.5 Å². The zero-order chi connectivity index (χ0) is 6.62. The van der Waals surface area contributed by atoms with E-state index in [2.05, 4.69) is 9.05 Å². The maximum absolute atomic E-state index is 10.3. The molecule has 8 heavy (non-hydrogen) atoms. The fourth-order valence-corrected chi connectivity index (χ4v) is 1.40. The molecule has 0 aliphatic heterocycles. The van der Waals surface area contributed by atoms with E-state index in [1.165, 1.54) is 0 Å². The smallest absolute Gasteiger partial charge is 0.302 e. The van der Waals surface area contributed by atoms with Crippen molar-refractivity contribution in [3.63, 3.8) is 0 Å². The van der Waals surface area contributed by atoms with Gasteiger partial charge in [0, 0.05) is 7.11 Å². The van der Waals surface area contributed by atoms with Crippen molar-refractivity contribution in [3.05, 3.63) is 0 Å². The molecule has 0 saturated carbocycles. The van der Waals surface area contributed by atoms with Crippen molar-refractivity contribution >= 4 is 30.4 Å². The first-order valence-corrected chi connectivity index (χ1v) is 4.73. The summed E-state index contributed by atoms with van der Waals surface area (Å²) in [7, 11) is -2.56. The van der Waals surface area contributed by atoms with Gasteiger partial charge in [0.15, 0.2) is 0 Å². The number of hydrogen-bond donors (Lipinski definition) is 1. The van der Waals surface area contributed by atoms with Gasteiger partial charge in [-0.3, -0.25) is 9.05 Å². The summed E-state index contributed by atoms with van der Waals surface area (Å²) in [6.45, 7) is 0. The molecule has 0 radical (unpaired) electrons. The molecule has 1 atom stereocenters. The Morgan fingerprint density at radius 1 is 1.88 bits per heavy atom. The van der Waals surface area contributed by atoms with Crippen LogP contribution in [-0.2, 0) is 13.6 Å². The van der Waals surface area contributed by atoms with Crippen LogP contribution >= 0.6 is 30.4 Å². The summed E-state index contributed by atoms with van der Waals surface area (Å²) >= 11 is 1.80. The lowest BCUT2D eigenvalue weighted by molar-refractivity contribution is 0.201. The van der Waals surface area contributed by atoms with E-state index in [-0.39, 0.29) is 4.61 Å². The standard InChI is InChI=1S/C2H6IO4P/c1-6-8(4,5)7-2-3/h2H2,1H3,(H,4,5). The van der Waals surface area contributed by atoms with Crippen LogP contribution in [0.25, 0.3) is 0 Å². The molecule has 0 heterocycles. The summed E-state index contributed by atoms with van der Waals surface area (Å²) < 4.78 is 18.8. The third-order valence-electron chi connectivity index (χ3n) is 0.443. The van der Waals surface area contributed by atoms with E-state index in [0.29, 0.717) is 0 Å². The minimum Gasteiger partial charge on any atom is -0.302 e. The van der Waals surface area contributed by atoms with Crippen molar-refractivity contribution in [3.8, 4) is 0 Å². The van der Waals surface area contributed by atoms with Gasteiger partial charge in [0.25, 0.3) is 0 Å². The van der Waals surface area contributed by atoms with Crippen molar-refractivity contribution in [2.45, 2.75) is 0 Å². The van der Waals surface area contributed by atoms with Crippen molar-refractivity contribution in [1.82, 2.24) is 0 Å². The number of alkyl halides is 1. The minimum absolute atomic E-state index is 0.152. The average Bonchev–Trinajstić information content (AvgIpc) is 1.67. The van der Waals surface area contributed by atoms with Gasteiger partial charge in [-0.15, -0.1) is 0 Å². The van der Waals surface area contributed by atoms with E-state index in [4.69, 9.17) is 4.89 Å². The normalized spacial score (nSPS) is 17.9. The second kappa shape index (κ2) is 3.79. The zero-order valence-electron chi connectivity index (χ0n) is 4.20. The third-order valence-corrected chi connectivity index (χ3v) is 2.16. The van der Waals surface area contributed by atoms with Crippen LogP contribution in [0.5, 0.6) is 0 Å². The Labute approximate surface area is 60.9 Å². The molecule has 0 aromatic carbocycles. The monoisotopic (exact) mass is 252 g/mol. The van der Waals surface area contributed by atoms with Gasteiger partial charge >= 0.3 is 7.82 Å². The van der Waals surface area contributed by atoms with E-state index in [1.54, 1.807) is 22.6 Å². The van der Waals surface area contributed by atoms with Gasteiger partial charge in [-0.05, 0) is 0 Å². The van der Waals surface area contributed by atoms with Gasteiger partial charge in [-0.2, -0.15) is 0 Å². The van der Waals surface area contributed by atoms with Crippen molar-refractivity contribution in [1.29, 1.82) is 0 Å². The second-order valence-corrected chi connectivity index (χ2v) is 3.07. The SMILES string of the molecule is COP(=O)(O)OCI. The van der Waals surface area contributed by atoms with Crippen LogP contribution in [0.4, 0.5) is 0 Å². The highest BCUT2D eigenvalue weighted by Crippen LogP contribution is 2.42. The molecule has 0 aliphatic rings. The van der Waals surface area contributed by atoms with Crippen LogP contribution in [0.2, 0.25) is 0 Å². The van der Waals surface area contributed by atoms with E-state index >= 15 is 0 Å². The summed E-state index contributed by atoms with van der Waals surface area (Å²) in [4.78, 5) is 8.43. The summed E-state index contributed by atoms with van der Waals surface area (Å²) in [6.07, 6.45) is 0. The summed E-state index contributed by atoms with van der Waals surface area (Å²) in [5.74, 6) is 0. The first kappa shape index (κ1) is 8.84. The Bertz CT molecular complexity index is 104. The van der Waals surface area contributed by atoms with E-state index in [9.17, 15) is 4.57 Å². The van der Waals surface area contributed by atoms with Crippen LogP contribution in [0.1, 0.15) is 0 Å². The zero-order valence-corrected chi connectivity index (χ0v) is 7.26. The number of phosphoric acid groups is 1. The molecule has 1 N–H and O–H groups in total. The Balaban J connectivity index is 3.55. The Morgan fingerprint density at radius 2 is 2.38 bits per heavy atom. The lowest BCUT2D eigenvalue weighted by Crippen LogP contribution is -1.87. The lowest BCUT2D eigenvalue weighted by Gasteiger charge is -2.04. The lowest BCUT2D eigenvalue weighted by atomic mass is 11.8. The first-order chi connectivity index (χ1) is 3.62. The molecule has 0 saturated heterocycles. The summed E-state index contributed by atoms with van der Waals surface area (Å²) in [5, 5.41) is 0. The van der Waals surface area contributed by atoms with Gasteiger partial charge in [0.2, 0.25) is 0 Å². The maximum Gasteiger partial charge on any atom is 0.472 e. The van der Waals surface area contributed by atoms with Crippen LogP contribution in [0, 0.1) is 0 Å². The molecule has 0 aliphatic carbocycles. The highest BCUT2D eigenvalue weighted by molar-refractivity contribution is 14.1. The quantitative estimate of drug-likeness (QED) is 0.465. The third kappa shape index (κ3) is 3.80.